The highest BCUT2D eigenvalue weighted by atomic mass is 32.2. The molecule has 1 atom stereocenters. The molecule has 7 heteroatoms. The van der Waals surface area contributed by atoms with Crippen molar-refractivity contribution in [3.8, 4) is 0 Å². The van der Waals surface area contributed by atoms with Crippen molar-refractivity contribution in [2.75, 3.05) is 25.0 Å². The highest BCUT2D eigenvalue weighted by Crippen LogP contribution is 2.25. The van der Waals surface area contributed by atoms with Gasteiger partial charge in [-0.25, -0.2) is 17.9 Å². The summed E-state index contributed by atoms with van der Waals surface area (Å²) in [4.78, 5) is 1.69. The van der Waals surface area contributed by atoms with E-state index in [1.165, 1.54) is 12.1 Å². The van der Waals surface area contributed by atoms with Crippen molar-refractivity contribution in [1.29, 1.82) is 0 Å². The van der Waals surface area contributed by atoms with Crippen LogP contribution in [0.25, 0.3) is 0 Å². The van der Waals surface area contributed by atoms with E-state index >= 15 is 0 Å². The summed E-state index contributed by atoms with van der Waals surface area (Å²) in [6, 6.07) is 4.10. The average Bonchev–Trinajstić information content (AvgIpc) is 2.76. The molecule has 1 aromatic rings. The number of sulfonamides is 1. The lowest BCUT2D eigenvalue weighted by Gasteiger charge is -2.19. The summed E-state index contributed by atoms with van der Waals surface area (Å²) in [6.07, 6.45) is 0.937. The van der Waals surface area contributed by atoms with Crippen LogP contribution in [0.4, 0.5) is 10.1 Å². The molecule has 0 bridgehead atoms. The maximum atomic E-state index is 13.9. The zero-order chi connectivity index (χ0) is 13.3. The van der Waals surface area contributed by atoms with Crippen molar-refractivity contribution in [3.63, 3.8) is 0 Å². The number of anilines is 1. The van der Waals surface area contributed by atoms with Gasteiger partial charge >= 0.3 is 0 Å². The lowest BCUT2D eigenvalue weighted by atomic mass is 10.2. The summed E-state index contributed by atoms with van der Waals surface area (Å²) in [6.45, 7) is 1.46. The third-order valence-electron chi connectivity index (χ3n) is 3.18. The molecule has 0 saturated carbocycles. The average molecular weight is 273 g/mol. The molecule has 0 aliphatic carbocycles. The van der Waals surface area contributed by atoms with Gasteiger partial charge in [0.05, 0.1) is 10.6 Å². The highest BCUT2D eigenvalue weighted by Gasteiger charge is 2.24. The van der Waals surface area contributed by atoms with Crippen molar-refractivity contribution in [1.82, 2.24) is 5.32 Å². The number of rotatable bonds is 3. The van der Waals surface area contributed by atoms with Crippen molar-refractivity contribution < 1.29 is 12.8 Å². The standard InChI is InChI=1S/C11H16FN3O2S/c1-14-8-4-5-15(7-8)11-3-2-9(6-10(11)12)18(13,16)17/h2-3,6,8,14H,4-5,7H2,1H3,(H2,13,16,17). The van der Waals surface area contributed by atoms with Crippen LogP contribution in [0.2, 0.25) is 0 Å². The zero-order valence-electron chi connectivity index (χ0n) is 10.1. The Morgan fingerprint density at radius 3 is 2.72 bits per heavy atom. The molecule has 1 unspecified atom stereocenters. The molecular formula is C11H16FN3O2S. The number of nitrogens with one attached hydrogen (secondary N) is 1. The molecule has 1 saturated heterocycles. The van der Waals surface area contributed by atoms with Gasteiger partial charge in [0.15, 0.2) is 0 Å². The largest absolute Gasteiger partial charge is 0.368 e. The smallest absolute Gasteiger partial charge is 0.238 e. The molecule has 1 heterocycles. The van der Waals surface area contributed by atoms with Gasteiger partial charge in [-0.15, -0.1) is 0 Å². The normalized spacial score (nSPS) is 20.4. The first-order valence-corrected chi connectivity index (χ1v) is 7.21. The van der Waals surface area contributed by atoms with Crippen LogP contribution < -0.4 is 15.4 Å². The van der Waals surface area contributed by atoms with E-state index in [1.807, 2.05) is 11.9 Å². The Hall–Kier alpha value is -1.18. The fourth-order valence-electron chi connectivity index (χ4n) is 2.14. The maximum Gasteiger partial charge on any atom is 0.238 e. The first kappa shape index (κ1) is 13.3. The number of nitrogens with zero attached hydrogens (tertiary/aromatic N) is 1. The zero-order valence-corrected chi connectivity index (χ0v) is 10.9. The van der Waals surface area contributed by atoms with E-state index < -0.39 is 15.8 Å². The van der Waals surface area contributed by atoms with Crippen molar-refractivity contribution >= 4 is 15.7 Å². The molecule has 100 valence electrons. The van der Waals surface area contributed by atoms with Gasteiger partial charge in [0.2, 0.25) is 10.0 Å². The first-order valence-electron chi connectivity index (χ1n) is 5.66. The monoisotopic (exact) mass is 273 g/mol. The molecule has 1 fully saturated rings. The summed E-state index contributed by atoms with van der Waals surface area (Å²) in [5.41, 5.74) is 0.417. The molecule has 0 radical (unpaired) electrons. The van der Waals surface area contributed by atoms with E-state index in [1.54, 1.807) is 0 Å². The summed E-state index contributed by atoms with van der Waals surface area (Å²) in [7, 11) is -1.98. The van der Waals surface area contributed by atoms with E-state index in [0.29, 0.717) is 18.3 Å². The number of halogens is 1. The van der Waals surface area contributed by atoms with Crippen LogP contribution in [0.5, 0.6) is 0 Å². The lowest BCUT2D eigenvalue weighted by molar-refractivity contribution is 0.590. The highest BCUT2D eigenvalue weighted by molar-refractivity contribution is 7.89. The Labute approximate surface area is 106 Å². The van der Waals surface area contributed by atoms with Crippen molar-refractivity contribution in [2.45, 2.75) is 17.4 Å². The predicted molar refractivity (Wildman–Crippen MR) is 67.5 cm³/mol. The number of benzene rings is 1. The molecule has 1 aliphatic rings. The van der Waals surface area contributed by atoms with Crippen LogP contribution in [-0.4, -0.2) is 34.6 Å². The van der Waals surface area contributed by atoms with Gasteiger partial charge in [-0.2, -0.15) is 0 Å². The topological polar surface area (TPSA) is 75.4 Å². The van der Waals surface area contributed by atoms with Crippen LogP contribution in [0, 0.1) is 5.82 Å². The van der Waals surface area contributed by atoms with Gasteiger partial charge in [0.1, 0.15) is 5.82 Å². The van der Waals surface area contributed by atoms with E-state index in [-0.39, 0.29) is 4.90 Å². The minimum Gasteiger partial charge on any atom is -0.368 e. The fourth-order valence-corrected chi connectivity index (χ4v) is 2.66. The first-order chi connectivity index (χ1) is 8.41. The van der Waals surface area contributed by atoms with Gasteiger partial charge in [-0.1, -0.05) is 0 Å². The molecule has 0 amide bonds. The van der Waals surface area contributed by atoms with E-state index in [2.05, 4.69) is 5.32 Å². The Morgan fingerprint density at radius 2 is 2.22 bits per heavy atom. The second-order valence-corrected chi connectivity index (χ2v) is 5.94. The van der Waals surface area contributed by atoms with Crippen LogP contribution >= 0.6 is 0 Å². The summed E-state index contributed by atoms with van der Waals surface area (Å²) in [5, 5.41) is 8.09. The number of hydrogen-bond donors (Lipinski definition) is 2. The second-order valence-electron chi connectivity index (χ2n) is 4.38. The summed E-state index contributed by atoms with van der Waals surface area (Å²) >= 11 is 0. The summed E-state index contributed by atoms with van der Waals surface area (Å²) in [5.74, 6) is -0.557. The number of likely N-dealkylation sites (N-methyl/N-ethyl adjacent to an activating group) is 1. The molecule has 5 nitrogen and oxygen atoms in total. The molecule has 0 aromatic heterocycles. The molecular weight excluding hydrogens is 257 g/mol. The van der Waals surface area contributed by atoms with E-state index in [0.717, 1.165) is 19.0 Å². The van der Waals surface area contributed by atoms with Crippen LogP contribution in [0.1, 0.15) is 6.42 Å². The minimum absolute atomic E-state index is 0.201. The Balaban J connectivity index is 2.26. The van der Waals surface area contributed by atoms with Gasteiger partial charge in [0, 0.05) is 19.1 Å². The maximum absolute atomic E-state index is 13.9. The van der Waals surface area contributed by atoms with Crippen molar-refractivity contribution in [2.24, 2.45) is 5.14 Å². The van der Waals surface area contributed by atoms with E-state index in [4.69, 9.17) is 5.14 Å². The van der Waals surface area contributed by atoms with Crippen LogP contribution in [-0.2, 0) is 10.0 Å². The third kappa shape index (κ3) is 2.63. The van der Waals surface area contributed by atoms with Crippen LogP contribution in [0.3, 0.4) is 0 Å². The van der Waals surface area contributed by atoms with Gasteiger partial charge < -0.3 is 10.2 Å². The Bertz CT molecular complexity index is 547. The lowest BCUT2D eigenvalue weighted by Crippen LogP contribution is -2.29. The molecule has 1 aromatic carbocycles. The Morgan fingerprint density at radius 1 is 1.50 bits per heavy atom. The van der Waals surface area contributed by atoms with Crippen LogP contribution in [0.15, 0.2) is 23.1 Å². The SMILES string of the molecule is CNC1CCN(c2ccc(S(N)(=O)=O)cc2F)C1. The van der Waals surface area contributed by atoms with Gasteiger partial charge in [-0.05, 0) is 31.7 Å². The quantitative estimate of drug-likeness (QED) is 0.829. The fraction of sp³-hybridized carbons (Fsp3) is 0.455. The summed E-state index contributed by atoms with van der Waals surface area (Å²) < 4.78 is 36.1. The molecule has 2 rings (SSSR count). The Kier molecular flexibility index (Phi) is 3.56. The third-order valence-corrected chi connectivity index (χ3v) is 4.10. The molecule has 1 aliphatic heterocycles. The molecule has 0 spiro atoms. The van der Waals surface area contributed by atoms with Gasteiger partial charge in [0.25, 0.3) is 0 Å². The second kappa shape index (κ2) is 4.83. The molecule has 18 heavy (non-hydrogen) atoms. The molecule has 3 N–H and O–H groups in total. The number of hydrogen-bond acceptors (Lipinski definition) is 4. The van der Waals surface area contributed by atoms with E-state index in [9.17, 15) is 12.8 Å². The minimum atomic E-state index is -3.85. The number of nitrogens with two attached hydrogens (primary N) is 1. The number of primary sulfonamides is 1. The predicted octanol–water partition coefficient (Wildman–Crippen LogP) is 0.271. The van der Waals surface area contributed by atoms with Gasteiger partial charge in [-0.3, -0.25) is 0 Å². The van der Waals surface area contributed by atoms with Crippen molar-refractivity contribution in [3.05, 3.63) is 24.0 Å².